The third kappa shape index (κ3) is 22.7. The quantitative estimate of drug-likeness (QED) is 0.0178. The molecule has 0 N–H and O–H groups in total. The fourth-order valence-electron chi connectivity index (χ4n) is 6.78. The van der Waals surface area contributed by atoms with Crippen LogP contribution in [0.25, 0.3) is 16.7 Å². The molecule has 0 aromatic heterocycles. The molecular formula is C54H74O12. The lowest BCUT2D eigenvalue weighted by Gasteiger charge is -2.19. The number of ether oxygens (including phenoxy) is 9. The van der Waals surface area contributed by atoms with Crippen molar-refractivity contribution in [2.45, 2.75) is 109 Å². The summed E-state index contributed by atoms with van der Waals surface area (Å²) in [6.07, 6.45) is 16.0. The summed E-state index contributed by atoms with van der Waals surface area (Å²) < 4.78 is 50.3. The summed E-state index contributed by atoms with van der Waals surface area (Å²) in [5.74, 6) is 0.972. The molecule has 0 saturated carbocycles. The van der Waals surface area contributed by atoms with E-state index < -0.39 is 17.9 Å². The lowest BCUT2D eigenvalue weighted by molar-refractivity contribution is -0.154. The van der Waals surface area contributed by atoms with E-state index in [1.54, 1.807) is 0 Å². The van der Waals surface area contributed by atoms with Gasteiger partial charge in [-0.2, -0.15) is 0 Å². The Morgan fingerprint density at radius 3 is 0.955 bits per heavy atom. The molecule has 3 rings (SSSR count). The first-order valence-electron chi connectivity index (χ1n) is 23.5. The van der Waals surface area contributed by atoms with Crippen molar-refractivity contribution in [1.29, 1.82) is 0 Å². The highest BCUT2D eigenvalue weighted by atomic mass is 16.7. The van der Waals surface area contributed by atoms with Crippen molar-refractivity contribution in [1.82, 2.24) is 0 Å². The van der Waals surface area contributed by atoms with Crippen LogP contribution in [0.3, 0.4) is 0 Å². The number of carbonyl (C=O) groups excluding carboxylic acids is 3. The minimum atomic E-state index is -0.443. The number of carbonyl (C=O) groups is 3. The summed E-state index contributed by atoms with van der Waals surface area (Å²) >= 11 is 0. The molecule has 12 nitrogen and oxygen atoms in total. The molecule has 0 aliphatic carbocycles. The summed E-state index contributed by atoms with van der Waals surface area (Å²) in [6.45, 7) is 15.9. The number of hydrogen-bond donors (Lipinski definition) is 0. The van der Waals surface area contributed by atoms with E-state index in [1.165, 1.54) is 21.3 Å². The number of methoxy groups -OCH3 is 3. The SMILES string of the molecule is C=C(C(=O)OC)c1ccc(OCCCCCCCOCCC(OCCCCCCCOc2ccc(C(=C)C(=O)OC)cc2)OCCCCCCCOc2ccc(C(=C)C(=O)OC)cc2)cc1. The summed E-state index contributed by atoms with van der Waals surface area (Å²) in [5, 5.41) is 0. The molecule has 0 radical (unpaired) electrons. The largest absolute Gasteiger partial charge is 0.494 e. The molecule has 0 bridgehead atoms. The number of hydrogen-bond acceptors (Lipinski definition) is 12. The van der Waals surface area contributed by atoms with Crippen LogP contribution in [0.4, 0.5) is 0 Å². The van der Waals surface area contributed by atoms with E-state index in [2.05, 4.69) is 19.7 Å². The monoisotopic (exact) mass is 915 g/mol. The van der Waals surface area contributed by atoms with Gasteiger partial charge in [0.2, 0.25) is 0 Å². The molecule has 66 heavy (non-hydrogen) atoms. The summed E-state index contributed by atoms with van der Waals surface area (Å²) in [6, 6.07) is 22.0. The van der Waals surface area contributed by atoms with E-state index >= 15 is 0 Å². The second kappa shape index (κ2) is 34.0. The molecule has 12 heteroatoms. The molecule has 0 saturated heterocycles. The topological polar surface area (TPSA) is 134 Å². The first-order valence-corrected chi connectivity index (χ1v) is 23.5. The standard InChI is InChI=1S/C54H74O12/c1-42(52(55)58-4)45-22-28-48(29-23-45)62-36-17-11-7-10-16-35-61-41-34-51(65-39-20-14-8-12-18-37-63-49-30-24-46(25-31-49)43(2)53(56)59-5)66-40-21-15-9-13-19-38-64-50-32-26-47(27-33-50)44(3)54(57)60-6/h22-33,51H,1-3,7-21,34-41H2,4-6H3. The van der Waals surface area contributed by atoms with Gasteiger partial charge >= 0.3 is 17.9 Å². The third-order valence-corrected chi connectivity index (χ3v) is 10.8. The van der Waals surface area contributed by atoms with Gasteiger partial charge < -0.3 is 42.6 Å². The predicted octanol–water partition coefficient (Wildman–Crippen LogP) is 11.4. The molecule has 0 fully saturated rings. The molecular weight excluding hydrogens is 841 g/mol. The number of unbranched alkanes of at least 4 members (excludes halogenated alkanes) is 12. The molecule has 3 aromatic carbocycles. The van der Waals surface area contributed by atoms with E-state index in [0.717, 1.165) is 119 Å². The van der Waals surface area contributed by atoms with Gasteiger partial charge in [0.05, 0.1) is 64.5 Å². The Kier molecular flexibility index (Phi) is 28.3. The van der Waals surface area contributed by atoms with Gasteiger partial charge in [-0.3, -0.25) is 0 Å². The normalized spacial score (nSPS) is 10.9. The van der Waals surface area contributed by atoms with E-state index in [-0.39, 0.29) is 6.29 Å². The van der Waals surface area contributed by atoms with Crippen LogP contribution >= 0.6 is 0 Å². The van der Waals surface area contributed by atoms with Gasteiger partial charge in [-0.1, -0.05) is 114 Å². The first kappa shape index (κ1) is 54.9. The van der Waals surface area contributed by atoms with Gasteiger partial charge in [0.1, 0.15) is 17.2 Å². The Morgan fingerprint density at radius 2 is 0.652 bits per heavy atom. The summed E-state index contributed by atoms with van der Waals surface area (Å²) in [5.41, 5.74) is 3.12. The van der Waals surface area contributed by atoms with Crippen molar-refractivity contribution in [2.24, 2.45) is 0 Å². The lowest BCUT2D eigenvalue weighted by atomic mass is 10.1. The highest BCUT2D eigenvalue weighted by Crippen LogP contribution is 2.22. The van der Waals surface area contributed by atoms with Crippen LogP contribution < -0.4 is 14.2 Å². The molecule has 0 atom stereocenters. The van der Waals surface area contributed by atoms with Crippen LogP contribution in [0.15, 0.2) is 92.5 Å². The van der Waals surface area contributed by atoms with Gasteiger partial charge in [-0.05, 0) is 91.6 Å². The van der Waals surface area contributed by atoms with E-state index in [9.17, 15) is 14.4 Å². The van der Waals surface area contributed by atoms with Crippen molar-refractivity contribution in [2.75, 3.05) is 67.6 Å². The van der Waals surface area contributed by atoms with Gasteiger partial charge in [-0.25, -0.2) is 14.4 Å². The summed E-state index contributed by atoms with van der Waals surface area (Å²) in [7, 11) is 4.03. The molecule has 0 aliphatic rings. The zero-order valence-corrected chi connectivity index (χ0v) is 39.8. The minimum absolute atomic E-state index is 0.290. The Balaban J connectivity index is 1.26. The maximum absolute atomic E-state index is 11.7. The number of esters is 3. The van der Waals surface area contributed by atoms with Gasteiger partial charge in [0.15, 0.2) is 6.29 Å². The lowest BCUT2D eigenvalue weighted by Crippen LogP contribution is -2.21. The van der Waals surface area contributed by atoms with Crippen LogP contribution in [0.2, 0.25) is 0 Å². The van der Waals surface area contributed by atoms with E-state index in [4.69, 9.17) is 42.6 Å². The Hall–Kier alpha value is -5.43. The van der Waals surface area contributed by atoms with Crippen molar-refractivity contribution < 1.29 is 57.0 Å². The zero-order valence-electron chi connectivity index (χ0n) is 39.8. The van der Waals surface area contributed by atoms with E-state index in [0.29, 0.717) is 80.5 Å². The van der Waals surface area contributed by atoms with Crippen LogP contribution in [0.1, 0.15) is 119 Å². The highest BCUT2D eigenvalue weighted by molar-refractivity contribution is 6.16. The molecule has 0 aliphatic heterocycles. The van der Waals surface area contributed by atoms with E-state index in [1.807, 2.05) is 72.8 Å². The average molecular weight is 915 g/mol. The number of benzene rings is 3. The average Bonchev–Trinajstić information content (AvgIpc) is 3.35. The third-order valence-electron chi connectivity index (χ3n) is 10.8. The maximum Gasteiger partial charge on any atom is 0.337 e. The smallest absolute Gasteiger partial charge is 0.337 e. The molecule has 0 heterocycles. The van der Waals surface area contributed by atoms with Crippen LogP contribution in [0.5, 0.6) is 17.2 Å². The Bertz CT molecular complexity index is 1760. The summed E-state index contributed by atoms with van der Waals surface area (Å²) in [4.78, 5) is 35.1. The second-order valence-corrected chi connectivity index (χ2v) is 15.9. The van der Waals surface area contributed by atoms with Crippen molar-refractivity contribution in [3.63, 3.8) is 0 Å². The van der Waals surface area contributed by atoms with Crippen LogP contribution in [-0.2, 0) is 42.8 Å². The second-order valence-electron chi connectivity index (χ2n) is 15.9. The first-order chi connectivity index (χ1) is 32.2. The van der Waals surface area contributed by atoms with Gasteiger partial charge in [-0.15, -0.1) is 0 Å². The minimum Gasteiger partial charge on any atom is -0.494 e. The molecule has 0 amide bonds. The fourth-order valence-corrected chi connectivity index (χ4v) is 6.78. The number of rotatable bonds is 38. The molecule has 3 aromatic rings. The Labute approximate surface area is 393 Å². The van der Waals surface area contributed by atoms with Crippen molar-refractivity contribution in [3.8, 4) is 17.2 Å². The van der Waals surface area contributed by atoms with Gasteiger partial charge in [0, 0.05) is 26.2 Å². The predicted molar refractivity (Wildman–Crippen MR) is 259 cm³/mol. The van der Waals surface area contributed by atoms with Crippen LogP contribution in [-0.4, -0.2) is 91.8 Å². The molecule has 0 unspecified atom stereocenters. The fraction of sp³-hybridized carbons (Fsp3) is 0.500. The maximum atomic E-state index is 11.7. The van der Waals surface area contributed by atoms with Crippen molar-refractivity contribution in [3.05, 3.63) is 109 Å². The van der Waals surface area contributed by atoms with Gasteiger partial charge in [0.25, 0.3) is 0 Å². The molecule has 0 spiro atoms. The van der Waals surface area contributed by atoms with Crippen LogP contribution in [0, 0.1) is 0 Å². The zero-order chi connectivity index (χ0) is 47.6. The Morgan fingerprint density at radius 1 is 0.379 bits per heavy atom. The highest BCUT2D eigenvalue weighted by Gasteiger charge is 2.13. The molecule has 362 valence electrons. The van der Waals surface area contributed by atoms with Crippen molar-refractivity contribution >= 4 is 34.6 Å².